The van der Waals surface area contributed by atoms with Gasteiger partial charge in [-0.25, -0.2) is 9.97 Å². The molecule has 1 aromatic carbocycles. The van der Waals surface area contributed by atoms with Crippen molar-refractivity contribution in [3.63, 3.8) is 0 Å². The largest absolute Gasteiger partial charge is 0.361 e. The van der Waals surface area contributed by atoms with Crippen molar-refractivity contribution in [1.82, 2.24) is 20.3 Å². The fourth-order valence-corrected chi connectivity index (χ4v) is 3.62. The van der Waals surface area contributed by atoms with Crippen LogP contribution in [0.25, 0.3) is 10.9 Å². The van der Waals surface area contributed by atoms with Crippen molar-refractivity contribution in [2.45, 2.75) is 38.3 Å². The monoisotopic (exact) mass is 368 g/mol. The number of aromatic amines is 1. The summed E-state index contributed by atoms with van der Waals surface area (Å²) >= 11 is 1.54. The van der Waals surface area contributed by atoms with Crippen LogP contribution in [-0.4, -0.2) is 33.7 Å². The van der Waals surface area contributed by atoms with Crippen molar-refractivity contribution in [2.24, 2.45) is 0 Å². The molecule has 0 atom stereocenters. The quantitative estimate of drug-likeness (QED) is 0.494. The lowest BCUT2D eigenvalue weighted by molar-refractivity contribution is -0.121. The zero-order valence-electron chi connectivity index (χ0n) is 15.4. The number of nitrogens with zero attached hydrogens (tertiary/aromatic N) is 2. The second-order valence-electron chi connectivity index (χ2n) is 6.32. The van der Waals surface area contributed by atoms with Crippen molar-refractivity contribution >= 4 is 28.6 Å². The molecule has 26 heavy (non-hydrogen) atoms. The minimum atomic E-state index is 0.0672. The minimum absolute atomic E-state index is 0.0672. The van der Waals surface area contributed by atoms with Crippen LogP contribution in [0.3, 0.4) is 0 Å². The van der Waals surface area contributed by atoms with Gasteiger partial charge in [-0.05, 0) is 50.1 Å². The summed E-state index contributed by atoms with van der Waals surface area (Å²) in [6.45, 7) is 4.61. The lowest BCUT2D eigenvalue weighted by atomic mass is 10.1. The van der Waals surface area contributed by atoms with Gasteiger partial charge in [0.2, 0.25) is 5.91 Å². The number of carbonyl (C=O) groups is 1. The van der Waals surface area contributed by atoms with Crippen LogP contribution in [0.1, 0.15) is 28.9 Å². The van der Waals surface area contributed by atoms with E-state index >= 15 is 0 Å². The Hall–Kier alpha value is -2.34. The van der Waals surface area contributed by atoms with Crippen LogP contribution in [-0.2, 0) is 17.6 Å². The predicted octanol–water partition coefficient (Wildman–Crippen LogP) is 3.59. The minimum Gasteiger partial charge on any atom is -0.361 e. The highest BCUT2D eigenvalue weighted by Gasteiger charge is 2.11. The number of thioether (sulfide) groups is 1. The van der Waals surface area contributed by atoms with Crippen molar-refractivity contribution in [3.8, 4) is 0 Å². The van der Waals surface area contributed by atoms with E-state index in [9.17, 15) is 4.79 Å². The number of hydrogen-bond donors (Lipinski definition) is 2. The summed E-state index contributed by atoms with van der Waals surface area (Å²) < 4.78 is 0. The Labute approximate surface area is 158 Å². The van der Waals surface area contributed by atoms with Gasteiger partial charge >= 0.3 is 0 Å². The number of amides is 1. The molecule has 0 aliphatic heterocycles. The number of hydrogen-bond acceptors (Lipinski definition) is 4. The molecule has 0 bridgehead atoms. The molecule has 0 saturated heterocycles. The number of aromatic nitrogens is 3. The smallest absolute Gasteiger partial charge is 0.220 e. The number of para-hydroxylation sites is 1. The number of nitrogens with one attached hydrogen (secondary N) is 2. The van der Waals surface area contributed by atoms with E-state index in [1.165, 1.54) is 22.7 Å². The zero-order chi connectivity index (χ0) is 18.5. The number of H-pyrrole nitrogens is 1. The van der Waals surface area contributed by atoms with Crippen LogP contribution >= 0.6 is 11.8 Å². The molecule has 3 aromatic rings. The van der Waals surface area contributed by atoms with Gasteiger partial charge in [0.1, 0.15) is 0 Å². The molecule has 3 rings (SSSR count). The highest BCUT2D eigenvalue weighted by atomic mass is 32.2. The van der Waals surface area contributed by atoms with Crippen LogP contribution in [0, 0.1) is 13.8 Å². The van der Waals surface area contributed by atoms with Crippen LogP contribution in [0.15, 0.2) is 35.6 Å². The maximum Gasteiger partial charge on any atom is 0.220 e. The summed E-state index contributed by atoms with van der Waals surface area (Å²) in [5, 5.41) is 5.03. The number of rotatable bonds is 7. The second-order valence-corrected chi connectivity index (χ2v) is 7.09. The first kappa shape index (κ1) is 18.5. The molecule has 0 unspecified atom stereocenters. The van der Waals surface area contributed by atoms with Gasteiger partial charge in [0.25, 0.3) is 0 Å². The van der Waals surface area contributed by atoms with Crippen molar-refractivity contribution < 1.29 is 4.79 Å². The molecule has 6 heteroatoms. The molecule has 0 radical (unpaired) electrons. The molecule has 0 aliphatic carbocycles. The van der Waals surface area contributed by atoms with Crippen LogP contribution in [0.4, 0.5) is 0 Å². The van der Waals surface area contributed by atoms with Crippen molar-refractivity contribution in [1.29, 1.82) is 0 Å². The summed E-state index contributed by atoms with van der Waals surface area (Å²) in [7, 11) is 0. The Balaban J connectivity index is 1.50. The highest BCUT2D eigenvalue weighted by Crippen LogP contribution is 2.18. The third-order valence-electron chi connectivity index (χ3n) is 4.58. The SMILES string of the molecule is CSc1nc(C)c(CCC(=O)NCCc2c[nH]c3ccccc23)c(C)n1. The summed E-state index contributed by atoms with van der Waals surface area (Å²) in [6.07, 6.45) is 5.94. The number of fused-ring (bicyclic) bond motifs is 1. The van der Waals surface area contributed by atoms with Crippen LogP contribution in [0.2, 0.25) is 0 Å². The fraction of sp³-hybridized carbons (Fsp3) is 0.350. The maximum atomic E-state index is 12.2. The summed E-state index contributed by atoms with van der Waals surface area (Å²) in [5.74, 6) is 0.0672. The normalized spacial score (nSPS) is 11.0. The standard InChI is InChI=1S/C20H24N4OS/c1-13-16(14(2)24-20(23-13)26-3)8-9-19(25)21-11-10-15-12-22-18-7-5-4-6-17(15)18/h4-7,12,22H,8-11H2,1-3H3,(H,21,25). The van der Waals surface area contributed by atoms with E-state index in [1.54, 1.807) is 0 Å². The summed E-state index contributed by atoms with van der Waals surface area (Å²) in [5.41, 5.74) is 5.37. The average Bonchev–Trinajstić information content (AvgIpc) is 3.04. The molecule has 0 fully saturated rings. The van der Waals surface area contributed by atoms with Gasteiger partial charge in [0.05, 0.1) is 0 Å². The van der Waals surface area contributed by atoms with E-state index in [1.807, 2.05) is 38.4 Å². The lowest BCUT2D eigenvalue weighted by Gasteiger charge is -2.10. The number of aryl methyl sites for hydroxylation is 2. The summed E-state index contributed by atoms with van der Waals surface area (Å²) in [4.78, 5) is 24.4. The molecular formula is C20H24N4OS. The molecule has 0 spiro atoms. The average molecular weight is 369 g/mol. The van der Waals surface area contributed by atoms with Gasteiger partial charge < -0.3 is 10.3 Å². The van der Waals surface area contributed by atoms with Gasteiger partial charge in [-0.3, -0.25) is 4.79 Å². The van der Waals surface area contributed by atoms with E-state index < -0.39 is 0 Å². The Morgan fingerprint density at radius 2 is 1.88 bits per heavy atom. The van der Waals surface area contributed by atoms with E-state index in [4.69, 9.17) is 0 Å². The molecule has 5 nitrogen and oxygen atoms in total. The van der Waals surface area contributed by atoms with E-state index in [0.717, 1.165) is 34.0 Å². The van der Waals surface area contributed by atoms with Crippen molar-refractivity contribution in [2.75, 3.05) is 12.8 Å². The molecule has 136 valence electrons. The Bertz CT molecular complexity index is 896. The first-order valence-electron chi connectivity index (χ1n) is 8.78. The van der Waals surface area contributed by atoms with E-state index in [2.05, 4.69) is 32.4 Å². The number of benzene rings is 1. The third-order valence-corrected chi connectivity index (χ3v) is 5.12. The Kier molecular flexibility index (Phi) is 5.93. The Morgan fingerprint density at radius 3 is 2.62 bits per heavy atom. The zero-order valence-corrected chi connectivity index (χ0v) is 16.2. The molecule has 0 aliphatic rings. The van der Waals surface area contributed by atoms with Gasteiger partial charge in [-0.1, -0.05) is 30.0 Å². The highest BCUT2D eigenvalue weighted by molar-refractivity contribution is 7.98. The van der Waals surface area contributed by atoms with Crippen LogP contribution in [0.5, 0.6) is 0 Å². The number of carbonyl (C=O) groups excluding carboxylic acids is 1. The van der Waals surface area contributed by atoms with Crippen molar-refractivity contribution in [3.05, 3.63) is 53.0 Å². The maximum absolute atomic E-state index is 12.2. The molecular weight excluding hydrogens is 344 g/mol. The van der Waals surface area contributed by atoms with E-state index in [0.29, 0.717) is 19.4 Å². The van der Waals surface area contributed by atoms with Crippen LogP contribution < -0.4 is 5.32 Å². The molecule has 2 heterocycles. The first-order valence-corrected chi connectivity index (χ1v) is 10.0. The lowest BCUT2D eigenvalue weighted by Crippen LogP contribution is -2.26. The summed E-state index contributed by atoms with van der Waals surface area (Å²) in [6, 6.07) is 8.22. The predicted molar refractivity (Wildman–Crippen MR) is 107 cm³/mol. The molecule has 2 N–H and O–H groups in total. The van der Waals surface area contributed by atoms with Gasteiger partial charge in [-0.15, -0.1) is 0 Å². The van der Waals surface area contributed by atoms with Gasteiger partial charge in [0.15, 0.2) is 5.16 Å². The first-order chi connectivity index (χ1) is 12.6. The van der Waals surface area contributed by atoms with Gasteiger partial charge in [0, 0.05) is 41.5 Å². The third kappa shape index (κ3) is 4.25. The van der Waals surface area contributed by atoms with Gasteiger partial charge in [-0.2, -0.15) is 0 Å². The fourth-order valence-electron chi connectivity index (χ4n) is 3.16. The molecule has 1 amide bonds. The Morgan fingerprint density at radius 1 is 1.15 bits per heavy atom. The van der Waals surface area contributed by atoms with E-state index in [-0.39, 0.29) is 5.91 Å². The topological polar surface area (TPSA) is 70.7 Å². The second kappa shape index (κ2) is 8.36. The molecule has 2 aromatic heterocycles. The molecule has 0 saturated carbocycles.